The van der Waals surface area contributed by atoms with E-state index in [0.29, 0.717) is 0 Å². The summed E-state index contributed by atoms with van der Waals surface area (Å²) in [6.45, 7) is 1.58. The average Bonchev–Trinajstić information content (AvgIpc) is 2.35. The van der Waals surface area contributed by atoms with Crippen LogP contribution in [0.15, 0.2) is 36.4 Å². The number of carbonyl (C=O) groups is 1. The first-order valence-corrected chi connectivity index (χ1v) is 5.25. The van der Waals surface area contributed by atoms with Crippen molar-refractivity contribution in [3.05, 3.63) is 59.5 Å². The summed E-state index contributed by atoms with van der Waals surface area (Å²) in [7, 11) is 0. The zero-order chi connectivity index (χ0) is 13.5. The molecular formula is C13H12F3NO. The Balaban J connectivity index is 2.64. The Kier molecular flexibility index (Phi) is 5.17. The number of halogens is 3. The first kappa shape index (κ1) is 14.0. The smallest absolute Gasteiger partial charge is 0.244 e. The molecule has 0 atom stereocenters. The third kappa shape index (κ3) is 3.76. The van der Waals surface area contributed by atoms with Crippen LogP contribution in [-0.4, -0.2) is 5.91 Å². The van der Waals surface area contributed by atoms with Crippen molar-refractivity contribution in [3.63, 3.8) is 0 Å². The highest BCUT2D eigenvalue weighted by Crippen LogP contribution is 2.14. The van der Waals surface area contributed by atoms with Gasteiger partial charge < -0.3 is 5.32 Å². The molecule has 0 heterocycles. The van der Waals surface area contributed by atoms with Crippen LogP contribution in [0.25, 0.3) is 0 Å². The number of amides is 1. The topological polar surface area (TPSA) is 29.1 Å². The van der Waals surface area contributed by atoms with E-state index in [-0.39, 0.29) is 12.1 Å². The molecule has 1 rings (SSSR count). The first-order chi connectivity index (χ1) is 8.56. The predicted molar refractivity (Wildman–Crippen MR) is 62.1 cm³/mol. The maximum absolute atomic E-state index is 13.2. The highest BCUT2D eigenvalue weighted by molar-refractivity contribution is 5.87. The second kappa shape index (κ2) is 6.64. The molecule has 0 saturated carbocycles. The molecule has 0 aromatic heterocycles. The van der Waals surface area contributed by atoms with Gasteiger partial charge in [-0.25, -0.2) is 13.2 Å². The molecule has 0 aliphatic rings. The van der Waals surface area contributed by atoms with E-state index >= 15 is 0 Å². The fourth-order valence-corrected chi connectivity index (χ4v) is 1.20. The maximum Gasteiger partial charge on any atom is 0.244 e. The summed E-state index contributed by atoms with van der Waals surface area (Å²) < 4.78 is 38.7. The standard InChI is InChI=1S/C13H12F3NO/c1-2-3-4-5-11(18)17-8-9-6-7-10(14)13(16)12(9)15/h2-7H,8H2,1H3,(H,17,18)/b3-2+,5-4+. The molecule has 5 heteroatoms. The molecule has 0 fully saturated rings. The zero-order valence-corrected chi connectivity index (χ0v) is 9.71. The second-order valence-corrected chi connectivity index (χ2v) is 3.44. The number of nitrogens with one attached hydrogen (secondary N) is 1. The molecule has 1 aromatic carbocycles. The van der Waals surface area contributed by atoms with Gasteiger partial charge in [-0.2, -0.15) is 0 Å². The Morgan fingerprint density at radius 1 is 1.22 bits per heavy atom. The van der Waals surface area contributed by atoms with E-state index in [1.165, 1.54) is 12.2 Å². The number of rotatable bonds is 4. The molecule has 0 radical (unpaired) electrons. The van der Waals surface area contributed by atoms with Crippen LogP contribution in [0.4, 0.5) is 13.2 Å². The average molecular weight is 255 g/mol. The molecule has 2 nitrogen and oxygen atoms in total. The van der Waals surface area contributed by atoms with Crippen molar-refractivity contribution >= 4 is 5.91 Å². The van der Waals surface area contributed by atoms with Crippen LogP contribution in [0.5, 0.6) is 0 Å². The number of benzene rings is 1. The Morgan fingerprint density at radius 3 is 2.61 bits per heavy atom. The summed E-state index contributed by atoms with van der Waals surface area (Å²) in [6.07, 6.45) is 6.14. The molecule has 0 aliphatic heterocycles. The van der Waals surface area contributed by atoms with Gasteiger partial charge in [0, 0.05) is 18.2 Å². The molecule has 0 saturated heterocycles. The van der Waals surface area contributed by atoms with Gasteiger partial charge in [0.2, 0.25) is 5.91 Å². The van der Waals surface area contributed by atoms with E-state index in [1.807, 2.05) is 0 Å². The second-order valence-electron chi connectivity index (χ2n) is 3.44. The largest absolute Gasteiger partial charge is 0.348 e. The molecule has 0 aliphatic carbocycles. The third-order valence-electron chi connectivity index (χ3n) is 2.12. The van der Waals surface area contributed by atoms with E-state index in [1.54, 1.807) is 19.1 Å². The van der Waals surface area contributed by atoms with Gasteiger partial charge in [0.05, 0.1) is 0 Å². The molecule has 1 amide bonds. The summed E-state index contributed by atoms with van der Waals surface area (Å²) in [5, 5.41) is 2.36. The molecule has 1 aromatic rings. The summed E-state index contributed by atoms with van der Waals surface area (Å²) in [5.74, 6) is -4.52. The van der Waals surface area contributed by atoms with Gasteiger partial charge in [-0.15, -0.1) is 0 Å². The van der Waals surface area contributed by atoms with Crippen molar-refractivity contribution in [2.75, 3.05) is 0 Å². The lowest BCUT2D eigenvalue weighted by molar-refractivity contribution is -0.116. The monoisotopic (exact) mass is 255 g/mol. The fourth-order valence-electron chi connectivity index (χ4n) is 1.20. The fraction of sp³-hybridized carbons (Fsp3) is 0.154. The van der Waals surface area contributed by atoms with E-state index in [2.05, 4.69) is 5.32 Å². The van der Waals surface area contributed by atoms with Gasteiger partial charge in [0.1, 0.15) is 0 Å². The van der Waals surface area contributed by atoms with Crippen molar-refractivity contribution in [3.8, 4) is 0 Å². The van der Waals surface area contributed by atoms with Crippen LogP contribution in [-0.2, 0) is 11.3 Å². The lowest BCUT2D eigenvalue weighted by Gasteiger charge is -2.05. The summed E-state index contributed by atoms with van der Waals surface area (Å²) in [4.78, 5) is 11.2. The highest BCUT2D eigenvalue weighted by Gasteiger charge is 2.13. The zero-order valence-electron chi connectivity index (χ0n) is 9.71. The van der Waals surface area contributed by atoms with Crippen LogP contribution in [0.3, 0.4) is 0 Å². The van der Waals surface area contributed by atoms with Gasteiger partial charge >= 0.3 is 0 Å². The quantitative estimate of drug-likeness (QED) is 0.500. The number of hydrogen-bond donors (Lipinski definition) is 1. The number of hydrogen-bond acceptors (Lipinski definition) is 1. The Labute approximate surface area is 103 Å². The summed E-state index contributed by atoms with van der Waals surface area (Å²) in [6, 6.07) is 1.90. The maximum atomic E-state index is 13.2. The van der Waals surface area contributed by atoms with Crippen molar-refractivity contribution in [2.24, 2.45) is 0 Å². The minimum atomic E-state index is -1.54. The lowest BCUT2D eigenvalue weighted by Crippen LogP contribution is -2.21. The molecule has 0 bridgehead atoms. The van der Waals surface area contributed by atoms with E-state index in [4.69, 9.17) is 0 Å². The van der Waals surface area contributed by atoms with Gasteiger partial charge in [-0.3, -0.25) is 4.79 Å². The summed E-state index contributed by atoms with van der Waals surface area (Å²) in [5.41, 5.74) is -0.110. The van der Waals surface area contributed by atoms with Crippen molar-refractivity contribution in [2.45, 2.75) is 13.5 Å². The number of carbonyl (C=O) groups excluding carboxylic acids is 1. The molecule has 18 heavy (non-hydrogen) atoms. The van der Waals surface area contributed by atoms with Crippen molar-refractivity contribution in [1.82, 2.24) is 5.32 Å². The van der Waals surface area contributed by atoms with E-state index in [9.17, 15) is 18.0 Å². The van der Waals surface area contributed by atoms with Gasteiger partial charge in [0.25, 0.3) is 0 Å². The minimum Gasteiger partial charge on any atom is -0.348 e. The predicted octanol–water partition coefficient (Wildman–Crippen LogP) is 2.85. The molecule has 1 N–H and O–H groups in total. The van der Waals surface area contributed by atoms with Crippen LogP contribution in [0.2, 0.25) is 0 Å². The minimum absolute atomic E-state index is 0.110. The van der Waals surface area contributed by atoms with E-state index < -0.39 is 23.4 Å². The van der Waals surface area contributed by atoms with Gasteiger partial charge in [-0.05, 0) is 13.0 Å². The summed E-state index contributed by atoms with van der Waals surface area (Å²) >= 11 is 0. The SMILES string of the molecule is C/C=C/C=C/C(=O)NCc1ccc(F)c(F)c1F. The van der Waals surface area contributed by atoms with Crippen LogP contribution < -0.4 is 5.32 Å². The molecule has 0 spiro atoms. The van der Waals surface area contributed by atoms with Crippen LogP contribution >= 0.6 is 0 Å². The third-order valence-corrected chi connectivity index (χ3v) is 2.12. The van der Waals surface area contributed by atoms with Crippen LogP contribution in [0, 0.1) is 17.5 Å². The molecule has 0 unspecified atom stereocenters. The van der Waals surface area contributed by atoms with Crippen LogP contribution in [0.1, 0.15) is 12.5 Å². The Morgan fingerprint density at radius 2 is 1.94 bits per heavy atom. The van der Waals surface area contributed by atoms with Crippen molar-refractivity contribution in [1.29, 1.82) is 0 Å². The van der Waals surface area contributed by atoms with Gasteiger partial charge in [0.15, 0.2) is 17.5 Å². The Hall–Kier alpha value is -2.04. The normalized spacial score (nSPS) is 11.3. The van der Waals surface area contributed by atoms with Gasteiger partial charge in [-0.1, -0.05) is 24.3 Å². The van der Waals surface area contributed by atoms with E-state index in [0.717, 1.165) is 12.1 Å². The Bertz CT molecular complexity index is 495. The molecule has 96 valence electrons. The highest BCUT2D eigenvalue weighted by atomic mass is 19.2. The molecular weight excluding hydrogens is 243 g/mol. The van der Waals surface area contributed by atoms with Crippen molar-refractivity contribution < 1.29 is 18.0 Å². The lowest BCUT2D eigenvalue weighted by atomic mass is 10.2. The number of allylic oxidation sites excluding steroid dienone is 3. The first-order valence-electron chi connectivity index (χ1n) is 5.25.